The van der Waals surface area contributed by atoms with Gasteiger partial charge in [0.05, 0.1) is 14.2 Å². The summed E-state index contributed by atoms with van der Waals surface area (Å²) in [4.78, 5) is 0. The molecule has 4 nitrogen and oxygen atoms in total. The van der Waals surface area contributed by atoms with Gasteiger partial charge in [-0.05, 0) is 67.4 Å². The van der Waals surface area contributed by atoms with E-state index in [0.717, 1.165) is 43.2 Å². The predicted octanol–water partition coefficient (Wildman–Crippen LogP) is 5.01. The molecule has 2 aliphatic carbocycles. The molecule has 2 aromatic rings. The van der Waals surface area contributed by atoms with Gasteiger partial charge in [-0.25, -0.2) is 0 Å². The Labute approximate surface area is 167 Å². The molecular weight excluding hydrogens is 350 g/mol. The summed E-state index contributed by atoms with van der Waals surface area (Å²) < 4.78 is 11.2. The monoisotopic (exact) mass is 379 g/mol. The van der Waals surface area contributed by atoms with E-state index in [1.54, 1.807) is 14.2 Å². The van der Waals surface area contributed by atoms with Crippen LogP contribution >= 0.6 is 0 Å². The van der Waals surface area contributed by atoms with E-state index in [9.17, 15) is 5.11 Å². The Hall–Kier alpha value is -2.46. The molecule has 0 saturated heterocycles. The van der Waals surface area contributed by atoms with Gasteiger partial charge < -0.3 is 19.9 Å². The number of allylic oxidation sites excluding steroid dienone is 1. The summed E-state index contributed by atoms with van der Waals surface area (Å²) in [6, 6.07) is 13.1. The van der Waals surface area contributed by atoms with Crippen molar-refractivity contribution in [3.63, 3.8) is 0 Å². The second-order valence-corrected chi connectivity index (χ2v) is 7.74. The number of aryl methyl sites for hydroxylation is 1. The second-order valence-electron chi connectivity index (χ2n) is 7.74. The third-order valence-corrected chi connectivity index (χ3v) is 6.14. The van der Waals surface area contributed by atoms with E-state index in [1.165, 1.54) is 16.7 Å². The van der Waals surface area contributed by atoms with Crippen molar-refractivity contribution in [3.8, 4) is 17.2 Å². The predicted molar refractivity (Wildman–Crippen MR) is 112 cm³/mol. The van der Waals surface area contributed by atoms with E-state index in [4.69, 9.17) is 9.47 Å². The van der Waals surface area contributed by atoms with Crippen LogP contribution in [0.25, 0.3) is 5.57 Å². The van der Waals surface area contributed by atoms with Crippen molar-refractivity contribution < 1.29 is 14.6 Å². The van der Waals surface area contributed by atoms with Crippen LogP contribution in [0.2, 0.25) is 0 Å². The molecule has 28 heavy (non-hydrogen) atoms. The maximum atomic E-state index is 10.4. The Bertz CT molecular complexity index is 888. The molecule has 0 heterocycles. The number of hydrogen-bond acceptors (Lipinski definition) is 4. The third-order valence-electron chi connectivity index (χ3n) is 6.14. The van der Waals surface area contributed by atoms with Crippen LogP contribution in [0.15, 0.2) is 42.0 Å². The van der Waals surface area contributed by atoms with Crippen LogP contribution in [0.1, 0.15) is 55.3 Å². The van der Waals surface area contributed by atoms with Gasteiger partial charge in [0.1, 0.15) is 0 Å². The van der Waals surface area contributed by atoms with Gasteiger partial charge in [0.2, 0.25) is 5.75 Å². The highest BCUT2D eigenvalue weighted by molar-refractivity contribution is 5.82. The number of benzene rings is 2. The van der Waals surface area contributed by atoms with Gasteiger partial charge in [-0.1, -0.05) is 30.3 Å². The first kappa shape index (κ1) is 18.9. The number of hydrogen-bond donors (Lipinski definition) is 2. The highest BCUT2D eigenvalue weighted by Crippen LogP contribution is 2.50. The van der Waals surface area contributed by atoms with Crippen LogP contribution in [0.4, 0.5) is 0 Å². The molecular formula is C24H29NO3. The average Bonchev–Trinajstić information content (AvgIpc) is 3.15. The molecule has 0 aliphatic heterocycles. The average molecular weight is 380 g/mol. The van der Waals surface area contributed by atoms with Crippen LogP contribution in [-0.4, -0.2) is 25.4 Å². The highest BCUT2D eigenvalue weighted by atomic mass is 16.5. The first-order valence-corrected chi connectivity index (χ1v) is 10.1. The molecule has 0 aromatic heterocycles. The zero-order valence-electron chi connectivity index (χ0n) is 16.9. The maximum Gasteiger partial charge on any atom is 0.203 e. The summed E-state index contributed by atoms with van der Waals surface area (Å²) in [6.45, 7) is 2.23. The Morgan fingerprint density at radius 3 is 2.50 bits per heavy atom. The van der Waals surface area contributed by atoms with Crippen molar-refractivity contribution in [1.29, 1.82) is 0 Å². The lowest BCUT2D eigenvalue weighted by atomic mass is 9.95. The van der Waals surface area contributed by atoms with E-state index < -0.39 is 0 Å². The van der Waals surface area contributed by atoms with E-state index in [0.29, 0.717) is 17.5 Å². The minimum Gasteiger partial charge on any atom is -0.504 e. The fraction of sp³-hybridized carbons (Fsp3) is 0.417. The fourth-order valence-corrected chi connectivity index (χ4v) is 4.83. The summed E-state index contributed by atoms with van der Waals surface area (Å²) in [6.07, 6.45) is 5.23. The lowest BCUT2D eigenvalue weighted by molar-refractivity contribution is 0.331. The molecule has 0 saturated carbocycles. The lowest BCUT2D eigenvalue weighted by Gasteiger charge is -2.25. The number of aromatic hydroxyl groups is 1. The van der Waals surface area contributed by atoms with Gasteiger partial charge in [0.15, 0.2) is 11.5 Å². The summed E-state index contributed by atoms with van der Waals surface area (Å²) in [5.41, 5.74) is 6.47. The van der Waals surface area contributed by atoms with Crippen molar-refractivity contribution >= 4 is 5.57 Å². The van der Waals surface area contributed by atoms with Gasteiger partial charge >= 0.3 is 0 Å². The Morgan fingerprint density at radius 2 is 1.79 bits per heavy atom. The van der Waals surface area contributed by atoms with Gasteiger partial charge in [-0.2, -0.15) is 0 Å². The van der Waals surface area contributed by atoms with E-state index in [1.807, 2.05) is 6.07 Å². The van der Waals surface area contributed by atoms with Crippen molar-refractivity contribution in [1.82, 2.24) is 5.32 Å². The second kappa shape index (κ2) is 7.88. The van der Waals surface area contributed by atoms with E-state index >= 15 is 0 Å². The SMILES string of the molecule is COc1c(O)cc2c(c1OC)C1=C(CCC1)C(NC(C)c1ccccc1)CC2. The molecule has 0 bridgehead atoms. The Morgan fingerprint density at radius 1 is 1.04 bits per heavy atom. The molecule has 2 aromatic carbocycles. The summed E-state index contributed by atoms with van der Waals surface area (Å²) >= 11 is 0. The highest BCUT2D eigenvalue weighted by Gasteiger charge is 2.32. The van der Waals surface area contributed by atoms with Crippen molar-refractivity contribution in [2.45, 2.75) is 51.1 Å². The van der Waals surface area contributed by atoms with Crippen molar-refractivity contribution in [3.05, 3.63) is 58.7 Å². The minimum atomic E-state index is 0.155. The van der Waals surface area contributed by atoms with Gasteiger partial charge in [0.25, 0.3) is 0 Å². The first-order valence-electron chi connectivity index (χ1n) is 10.1. The molecule has 4 heteroatoms. The molecule has 0 spiro atoms. The van der Waals surface area contributed by atoms with Crippen molar-refractivity contribution in [2.75, 3.05) is 14.2 Å². The van der Waals surface area contributed by atoms with Crippen LogP contribution in [-0.2, 0) is 6.42 Å². The number of rotatable bonds is 5. The van der Waals surface area contributed by atoms with Gasteiger partial charge in [-0.3, -0.25) is 0 Å². The van der Waals surface area contributed by atoms with Crippen molar-refractivity contribution in [2.24, 2.45) is 0 Å². The molecule has 2 aliphatic rings. The van der Waals surface area contributed by atoms with Crippen LogP contribution in [0.5, 0.6) is 17.2 Å². The number of fused-ring (bicyclic) bond motifs is 2. The van der Waals surface area contributed by atoms with Crippen LogP contribution in [0.3, 0.4) is 0 Å². The molecule has 148 valence electrons. The summed E-state index contributed by atoms with van der Waals surface area (Å²) in [5.74, 6) is 1.26. The number of methoxy groups -OCH3 is 2. The topological polar surface area (TPSA) is 50.7 Å². The van der Waals surface area contributed by atoms with Crippen LogP contribution < -0.4 is 14.8 Å². The third kappa shape index (κ3) is 3.26. The molecule has 0 amide bonds. The zero-order valence-corrected chi connectivity index (χ0v) is 16.9. The van der Waals surface area contributed by atoms with Crippen LogP contribution in [0, 0.1) is 0 Å². The molecule has 2 atom stereocenters. The smallest absolute Gasteiger partial charge is 0.203 e. The molecule has 0 fully saturated rings. The Kier molecular flexibility index (Phi) is 5.31. The number of ether oxygens (including phenoxy) is 2. The largest absolute Gasteiger partial charge is 0.504 e. The maximum absolute atomic E-state index is 10.4. The van der Waals surface area contributed by atoms with E-state index in [2.05, 4.69) is 42.6 Å². The standard InChI is InChI=1S/C24H29NO3/c1-15(16-8-5-4-6-9-16)25-20-13-12-17-14-21(26)23(27-2)24(28-3)22(17)19-11-7-10-18(19)20/h4-6,8-9,14-15,20,25-26H,7,10-13H2,1-3H3. The number of phenols is 1. The van der Waals surface area contributed by atoms with Gasteiger partial charge in [0, 0.05) is 17.6 Å². The normalized spacial score (nSPS) is 19.6. The molecule has 0 radical (unpaired) electrons. The number of phenolic OH excluding ortho intramolecular Hbond substituents is 1. The number of nitrogens with one attached hydrogen (secondary N) is 1. The zero-order chi connectivity index (χ0) is 19.7. The molecule has 4 rings (SSSR count). The minimum absolute atomic E-state index is 0.155. The summed E-state index contributed by atoms with van der Waals surface area (Å²) in [7, 11) is 3.24. The first-order chi connectivity index (χ1) is 13.6. The van der Waals surface area contributed by atoms with Gasteiger partial charge in [-0.15, -0.1) is 0 Å². The summed E-state index contributed by atoms with van der Waals surface area (Å²) in [5, 5.41) is 14.3. The molecule has 2 unspecified atom stereocenters. The molecule has 2 N–H and O–H groups in total. The fourth-order valence-electron chi connectivity index (χ4n) is 4.83. The van der Waals surface area contributed by atoms with E-state index in [-0.39, 0.29) is 11.8 Å². The Balaban J connectivity index is 1.74. The quantitative estimate of drug-likeness (QED) is 0.766. The lowest BCUT2D eigenvalue weighted by Crippen LogP contribution is -2.33.